The number of rotatable bonds is 15. The van der Waals surface area contributed by atoms with E-state index in [-0.39, 0.29) is 36.1 Å². The van der Waals surface area contributed by atoms with Gasteiger partial charge in [0.2, 0.25) is 0 Å². The van der Waals surface area contributed by atoms with E-state index >= 15 is 0 Å². The molecule has 0 saturated heterocycles. The van der Waals surface area contributed by atoms with E-state index in [4.69, 9.17) is 27.2 Å². The molecule has 0 aliphatic rings. The number of carbonyl (C=O) groups excluding carboxylic acids is 2. The van der Waals surface area contributed by atoms with Crippen LogP contribution in [0.3, 0.4) is 0 Å². The van der Waals surface area contributed by atoms with Crippen LogP contribution in [0.15, 0.2) is 142 Å². The molecule has 0 unspecified atom stereocenters. The highest BCUT2D eigenvalue weighted by molar-refractivity contribution is 7.00. The SMILES string of the molecule is COC(=O)c1cc(CO[Si](c2ccccc2)(c2ccccc2)C(C)(C)C)oc1CCc1oc(CO[Si](c2ccccc2)(c2ccccc2)C(C)(C)C)cc1C(=O)OC. The van der Waals surface area contributed by atoms with E-state index in [0.29, 0.717) is 34.2 Å². The number of ether oxygens (including phenoxy) is 2. The fourth-order valence-electron chi connectivity index (χ4n) is 8.16. The van der Waals surface area contributed by atoms with Crippen molar-refractivity contribution in [3.8, 4) is 0 Å². The third-order valence-corrected chi connectivity index (χ3v) is 20.8. The molecular formula is C48H54O8Si2. The van der Waals surface area contributed by atoms with Crippen molar-refractivity contribution in [3.63, 3.8) is 0 Å². The molecule has 0 aliphatic heterocycles. The van der Waals surface area contributed by atoms with Gasteiger partial charge in [-0.05, 0) is 43.0 Å². The molecule has 2 heterocycles. The van der Waals surface area contributed by atoms with E-state index in [1.165, 1.54) is 14.2 Å². The average Bonchev–Trinajstić information content (AvgIpc) is 3.84. The van der Waals surface area contributed by atoms with Gasteiger partial charge in [0.15, 0.2) is 0 Å². The zero-order valence-electron chi connectivity index (χ0n) is 34.8. The predicted octanol–water partition coefficient (Wildman–Crippen LogP) is 8.38. The molecule has 302 valence electrons. The number of hydrogen-bond acceptors (Lipinski definition) is 8. The normalized spacial score (nSPS) is 12.3. The first kappa shape index (κ1) is 42.3. The van der Waals surface area contributed by atoms with Crippen molar-refractivity contribution >= 4 is 49.3 Å². The van der Waals surface area contributed by atoms with Gasteiger partial charge in [-0.15, -0.1) is 0 Å². The summed E-state index contributed by atoms with van der Waals surface area (Å²) in [6.07, 6.45) is 0.492. The van der Waals surface area contributed by atoms with Crippen LogP contribution in [0.4, 0.5) is 0 Å². The Balaban J connectivity index is 1.30. The molecule has 0 N–H and O–H groups in total. The molecule has 0 bridgehead atoms. The fraction of sp³-hybridized carbons (Fsp3) is 0.292. The van der Waals surface area contributed by atoms with Gasteiger partial charge in [-0.25, -0.2) is 9.59 Å². The lowest BCUT2D eigenvalue weighted by molar-refractivity contribution is 0.0587. The largest absolute Gasteiger partial charge is 0.465 e. The number of esters is 2. The Morgan fingerprint density at radius 3 is 1.00 bits per heavy atom. The molecule has 2 aromatic heterocycles. The van der Waals surface area contributed by atoms with Crippen LogP contribution >= 0.6 is 0 Å². The van der Waals surface area contributed by atoms with Crippen molar-refractivity contribution in [2.75, 3.05) is 14.2 Å². The van der Waals surface area contributed by atoms with Crippen molar-refractivity contribution in [2.24, 2.45) is 0 Å². The quantitative estimate of drug-likeness (QED) is 0.0754. The van der Waals surface area contributed by atoms with Crippen molar-refractivity contribution < 1.29 is 36.7 Å². The van der Waals surface area contributed by atoms with Crippen molar-refractivity contribution in [1.82, 2.24) is 0 Å². The molecule has 0 atom stereocenters. The van der Waals surface area contributed by atoms with Crippen LogP contribution in [0.2, 0.25) is 10.1 Å². The van der Waals surface area contributed by atoms with Gasteiger partial charge in [0, 0.05) is 12.8 Å². The van der Waals surface area contributed by atoms with E-state index in [1.54, 1.807) is 12.1 Å². The van der Waals surface area contributed by atoms with Gasteiger partial charge in [-0.1, -0.05) is 163 Å². The van der Waals surface area contributed by atoms with Gasteiger partial charge in [-0.3, -0.25) is 0 Å². The van der Waals surface area contributed by atoms with Crippen LogP contribution in [0, 0.1) is 0 Å². The second kappa shape index (κ2) is 17.7. The van der Waals surface area contributed by atoms with E-state index < -0.39 is 28.6 Å². The molecule has 0 fully saturated rings. The summed E-state index contributed by atoms with van der Waals surface area (Å²) >= 11 is 0. The summed E-state index contributed by atoms with van der Waals surface area (Å²) in [6, 6.07) is 44.8. The van der Waals surface area contributed by atoms with Crippen molar-refractivity contribution in [2.45, 2.75) is 77.7 Å². The molecule has 0 spiro atoms. The molecular weight excluding hydrogens is 761 g/mol. The van der Waals surface area contributed by atoms with Gasteiger partial charge in [0.05, 0.1) is 27.4 Å². The minimum Gasteiger partial charge on any atom is -0.465 e. The van der Waals surface area contributed by atoms with Crippen LogP contribution in [-0.2, 0) is 44.4 Å². The molecule has 6 rings (SSSR count). The standard InChI is InChI=1S/C48H54O8Si2/c1-47(2,3)57(37-21-13-9-14-22-37,38-23-15-10-16-24-38)53-33-35-31-41(45(49)51-7)43(55-35)29-30-44-42(46(50)52-8)32-36(56-44)34-54-58(48(4,5)6,39-25-17-11-18-26-39)40-27-19-12-20-28-40/h9-28,31-32H,29-30,33-34H2,1-8H3. The summed E-state index contributed by atoms with van der Waals surface area (Å²) in [5.41, 5.74) is 0.593. The van der Waals surface area contributed by atoms with E-state index in [1.807, 2.05) is 72.8 Å². The van der Waals surface area contributed by atoms with Crippen LogP contribution in [-0.4, -0.2) is 42.8 Å². The van der Waals surface area contributed by atoms with Crippen molar-refractivity contribution in [1.29, 1.82) is 0 Å². The average molecular weight is 815 g/mol. The maximum Gasteiger partial charge on any atom is 0.341 e. The number of hydrogen-bond donors (Lipinski definition) is 0. The highest BCUT2D eigenvalue weighted by Crippen LogP contribution is 2.39. The second-order valence-electron chi connectivity index (χ2n) is 16.5. The fourth-order valence-corrected chi connectivity index (χ4v) is 17.2. The van der Waals surface area contributed by atoms with E-state index in [9.17, 15) is 9.59 Å². The van der Waals surface area contributed by atoms with Gasteiger partial charge in [-0.2, -0.15) is 0 Å². The van der Waals surface area contributed by atoms with Crippen LogP contribution in [0.25, 0.3) is 0 Å². The van der Waals surface area contributed by atoms with Crippen LogP contribution in [0.5, 0.6) is 0 Å². The third kappa shape index (κ3) is 8.47. The summed E-state index contributed by atoms with van der Waals surface area (Å²) in [7, 11) is -3.10. The smallest absolute Gasteiger partial charge is 0.341 e. The Morgan fingerprint density at radius 1 is 0.483 bits per heavy atom. The van der Waals surface area contributed by atoms with E-state index in [0.717, 1.165) is 20.7 Å². The first-order chi connectivity index (χ1) is 27.7. The monoisotopic (exact) mass is 814 g/mol. The summed E-state index contributed by atoms with van der Waals surface area (Å²) in [6.45, 7) is 13.5. The third-order valence-electron chi connectivity index (χ3n) is 10.8. The molecule has 8 nitrogen and oxygen atoms in total. The summed E-state index contributed by atoms with van der Waals surface area (Å²) in [5, 5.41) is 4.04. The summed E-state index contributed by atoms with van der Waals surface area (Å²) < 4.78 is 37.4. The molecule has 0 saturated carbocycles. The minimum absolute atomic E-state index is 0.134. The Bertz CT molecular complexity index is 2030. The van der Waals surface area contributed by atoms with E-state index in [2.05, 4.69) is 90.1 Å². The Labute approximate surface area is 344 Å². The molecule has 0 amide bonds. The molecule has 10 heteroatoms. The second-order valence-corrected chi connectivity index (χ2v) is 25.1. The number of carbonyl (C=O) groups is 2. The highest BCUT2D eigenvalue weighted by Gasteiger charge is 2.51. The van der Waals surface area contributed by atoms with Crippen LogP contribution < -0.4 is 20.7 Å². The zero-order chi connectivity index (χ0) is 41.6. The molecule has 4 aromatic carbocycles. The van der Waals surface area contributed by atoms with Crippen molar-refractivity contribution in [3.05, 3.63) is 168 Å². The lowest BCUT2D eigenvalue weighted by Gasteiger charge is -2.42. The zero-order valence-corrected chi connectivity index (χ0v) is 36.8. The minimum atomic E-state index is -2.90. The Morgan fingerprint density at radius 2 is 0.759 bits per heavy atom. The van der Waals surface area contributed by atoms with Gasteiger partial charge in [0.1, 0.15) is 34.2 Å². The Hall–Kier alpha value is -5.27. The maximum atomic E-state index is 13.2. The highest BCUT2D eigenvalue weighted by atomic mass is 28.4. The van der Waals surface area contributed by atoms with Gasteiger partial charge >= 0.3 is 11.9 Å². The molecule has 58 heavy (non-hydrogen) atoms. The van der Waals surface area contributed by atoms with Crippen LogP contribution in [0.1, 0.15) is 85.3 Å². The molecule has 6 aromatic rings. The number of benzene rings is 4. The predicted molar refractivity (Wildman–Crippen MR) is 232 cm³/mol. The van der Waals surface area contributed by atoms with Gasteiger partial charge in [0.25, 0.3) is 16.6 Å². The lowest BCUT2D eigenvalue weighted by atomic mass is 10.1. The van der Waals surface area contributed by atoms with Gasteiger partial charge < -0.3 is 27.2 Å². The summed E-state index contributed by atoms with van der Waals surface area (Å²) in [4.78, 5) is 26.3. The molecule has 0 aliphatic carbocycles. The molecule has 0 radical (unpaired) electrons. The maximum absolute atomic E-state index is 13.2. The Kier molecular flexibility index (Phi) is 12.9. The lowest BCUT2D eigenvalue weighted by Crippen LogP contribution is -2.66. The number of methoxy groups -OCH3 is 2. The number of furan rings is 2. The summed E-state index contributed by atoms with van der Waals surface area (Å²) in [5.74, 6) is 0.756. The number of aryl methyl sites for hydroxylation is 2. The first-order valence-electron chi connectivity index (χ1n) is 19.6. The first-order valence-corrected chi connectivity index (χ1v) is 23.5. The topological polar surface area (TPSA) is 97.3 Å².